The van der Waals surface area contributed by atoms with Crippen molar-refractivity contribution in [2.24, 2.45) is 30.2 Å². The molecule has 10 heteroatoms. The fourth-order valence-electron chi connectivity index (χ4n) is 9.10. The van der Waals surface area contributed by atoms with Crippen LogP contribution in [0, 0.1) is 23.2 Å². The van der Waals surface area contributed by atoms with E-state index in [9.17, 15) is 14.4 Å². The van der Waals surface area contributed by atoms with E-state index in [1.807, 2.05) is 39.0 Å². The van der Waals surface area contributed by atoms with E-state index in [1.165, 1.54) is 11.1 Å². The van der Waals surface area contributed by atoms with Crippen molar-refractivity contribution < 1.29 is 14.4 Å². The van der Waals surface area contributed by atoms with Crippen LogP contribution in [0.2, 0.25) is 0 Å². The van der Waals surface area contributed by atoms with Crippen molar-refractivity contribution in [2.75, 3.05) is 6.54 Å². The molecular weight excluding hydrogens is 602 g/mol. The summed E-state index contributed by atoms with van der Waals surface area (Å²) < 4.78 is 1.59. The van der Waals surface area contributed by atoms with E-state index in [0.717, 1.165) is 55.1 Å². The van der Waals surface area contributed by atoms with Crippen molar-refractivity contribution in [1.82, 2.24) is 35.7 Å². The predicted molar refractivity (Wildman–Crippen MR) is 182 cm³/mol. The highest BCUT2D eigenvalue weighted by molar-refractivity contribution is 5.94. The number of nitrogens with zero attached hydrogens (tertiary/aromatic N) is 3. The van der Waals surface area contributed by atoms with Gasteiger partial charge in [0.2, 0.25) is 11.8 Å². The number of aromatic nitrogens is 4. The number of rotatable bonds is 10. The molecule has 2 bridgehead atoms. The van der Waals surface area contributed by atoms with E-state index in [1.54, 1.807) is 24.0 Å². The second-order valence-corrected chi connectivity index (χ2v) is 15.3. The third-order valence-electron chi connectivity index (χ3n) is 12.1. The lowest BCUT2D eigenvalue weighted by atomic mass is 9.79. The predicted octanol–water partition coefficient (Wildman–Crippen LogP) is 4.83. The van der Waals surface area contributed by atoms with Gasteiger partial charge in [-0.05, 0) is 117 Å². The van der Waals surface area contributed by atoms with E-state index < -0.39 is 11.5 Å². The van der Waals surface area contributed by atoms with Crippen LogP contribution in [0.3, 0.4) is 0 Å². The molecule has 10 nitrogen and oxygen atoms in total. The molecule has 48 heavy (non-hydrogen) atoms. The van der Waals surface area contributed by atoms with Crippen LogP contribution in [0.15, 0.2) is 54.7 Å². The number of hydrogen-bond donors (Lipinski definition) is 4. The molecule has 4 saturated carbocycles. The molecule has 0 aliphatic heterocycles. The molecule has 4 N–H and O–H groups in total. The second-order valence-electron chi connectivity index (χ2n) is 15.3. The summed E-state index contributed by atoms with van der Waals surface area (Å²) in [7, 11) is 1.77. The van der Waals surface area contributed by atoms with Gasteiger partial charge in [0.15, 0.2) is 0 Å². The molecule has 5 aliphatic rings. The van der Waals surface area contributed by atoms with E-state index >= 15 is 0 Å². The molecule has 2 aromatic carbocycles. The highest BCUT2D eigenvalue weighted by Gasteiger charge is 2.58. The summed E-state index contributed by atoms with van der Waals surface area (Å²) in [6.07, 6.45) is 8.17. The van der Waals surface area contributed by atoms with Gasteiger partial charge in [0, 0.05) is 25.7 Å². The number of carbonyl (C=O) groups is 3. The number of hydrogen-bond acceptors (Lipinski definition) is 5. The lowest BCUT2D eigenvalue weighted by Gasteiger charge is -2.32. The fraction of sp³-hybridized carbons (Fsp3) is 0.500. The Labute approximate surface area is 280 Å². The van der Waals surface area contributed by atoms with Crippen molar-refractivity contribution in [1.29, 1.82) is 0 Å². The summed E-state index contributed by atoms with van der Waals surface area (Å²) in [6.45, 7) is 6.26. The Balaban J connectivity index is 1.11. The Morgan fingerprint density at radius 1 is 1.06 bits per heavy atom. The third kappa shape index (κ3) is 5.02. The number of aryl methyl sites for hydroxylation is 1. The quantitative estimate of drug-likeness (QED) is 0.196. The van der Waals surface area contributed by atoms with Crippen molar-refractivity contribution in [3.8, 4) is 0 Å². The molecule has 1 unspecified atom stereocenters. The lowest BCUT2D eigenvalue weighted by molar-refractivity contribution is -0.133. The largest absolute Gasteiger partial charge is 0.355 e. The lowest BCUT2D eigenvalue weighted by Crippen LogP contribution is -2.55. The molecule has 9 rings (SSSR count). The van der Waals surface area contributed by atoms with E-state index in [2.05, 4.69) is 50.3 Å². The van der Waals surface area contributed by atoms with Gasteiger partial charge < -0.3 is 20.9 Å². The Morgan fingerprint density at radius 2 is 1.85 bits per heavy atom. The average Bonchev–Trinajstić information content (AvgIpc) is 3.57. The zero-order chi connectivity index (χ0) is 33.4. The summed E-state index contributed by atoms with van der Waals surface area (Å²) in [4.78, 5) is 49.5. The molecule has 4 atom stereocenters. The third-order valence-corrected chi connectivity index (χ3v) is 12.1. The SMILES string of the molecule is CCNC(=O)[C@H](NC(=O)C(C)(C)c1ccc2nc([C@@H](NC(=O)c3ccnn3C)[C@@H]3c4ccccc4CC34CC4)[nH]c2c1)C1CC2CC1C2. The van der Waals surface area contributed by atoms with Gasteiger partial charge in [-0.3, -0.25) is 19.1 Å². The number of H-pyrrole nitrogens is 1. The Morgan fingerprint density at radius 3 is 2.54 bits per heavy atom. The Bertz CT molecular complexity index is 1910. The Hall–Kier alpha value is -4.47. The molecule has 4 aromatic rings. The molecule has 4 fully saturated rings. The number of amides is 3. The first-order valence-electron chi connectivity index (χ1n) is 17.5. The summed E-state index contributed by atoms with van der Waals surface area (Å²) >= 11 is 0. The Kier molecular flexibility index (Phi) is 7.27. The first kappa shape index (κ1) is 30.8. The van der Waals surface area contributed by atoms with E-state index in [-0.39, 0.29) is 41.0 Å². The highest BCUT2D eigenvalue weighted by Crippen LogP contribution is 2.66. The number of aromatic amines is 1. The minimum absolute atomic E-state index is 0.0704. The summed E-state index contributed by atoms with van der Waals surface area (Å²) in [5.74, 6) is 1.71. The molecular formula is C38H45N7O3. The fourth-order valence-corrected chi connectivity index (χ4v) is 9.10. The van der Waals surface area contributed by atoms with Crippen molar-refractivity contribution in [2.45, 2.75) is 82.7 Å². The molecule has 0 saturated heterocycles. The van der Waals surface area contributed by atoms with Crippen molar-refractivity contribution in [3.63, 3.8) is 0 Å². The zero-order valence-electron chi connectivity index (χ0n) is 28.2. The monoisotopic (exact) mass is 647 g/mol. The number of nitrogens with one attached hydrogen (secondary N) is 4. The number of fused-ring (bicyclic) bond motifs is 3. The molecule has 250 valence electrons. The summed E-state index contributed by atoms with van der Waals surface area (Å²) in [6, 6.07) is 15.3. The van der Waals surface area contributed by atoms with Crippen LogP contribution in [-0.2, 0) is 28.5 Å². The maximum absolute atomic E-state index is 14.0. The number of carbonyl (C=O) groups excluding carboxylic acids is 3. The molecule has 3 amide bonds. The van der Waals surface area contributed by atoms with Crippen LogP contribution in [0.5, 0.6) is 0 Å². The molecule has 2 heterocycles. The van der Waals surface area contributed by atoms with Crippen LogP contribution in [0.25, 0.3) is 11.0 Å². The van der Waals surface area contributed by atoms with Crippen molar-refractivity contribution in [3.05, 3.63) is 82.9 Å². The molecule has 2 aromatic heterocycles. The maximum atomic E-state index is 14.0. The summed E-state index contributed by atoms with van der Waals surface area (Å²) in [5.41, 5.74) is 4.69. The van der Waals surface area contributed by atoms with Crippen LogP contribution in [0.4, 0.5) is 0 Å². The minimum atomic E-state index is -0.901. The van der Waals surface area contributed by atoms with Gasteiger partial charge in [-0.2, -0.15) is 5.10 Å². The molecule has 5 aliphatic carbocycles. The van der Waals surface area contributed by atoms with Crippen LogP contribution >= 0.6 is 0 Å². The van der Waals surface area contributed by atoms with Gasteiger partial charge in [0.25, 0.3) is 5.91 Å². The molecule has 0 radical (unpaired) electrons. The first-order chi connectivity index (χ1) is 23.1. The second kappa shape index (κ2) is 11.3. The normalized spacial score (nSPS) is 24.5. The van der Waals surface area contributed by atoms with Gasteiger partial charge in [0.05, 0.1) is 22.5 Å². The smallest absolute Gasteiger partial charge is 0.270 e. The standard InChI is InChI=1S/C38H45N7O3/c1-5-39-35(47)31(26-18-21-16-23(26)17-21)44-36(48)37(2,3)24-10-11-27-28(19-24)42-33(41-27)32(43-34(46)29-12-15-40-45(29)4)30-25-9-7-6-8-22(25)20-38(30)13-14-38/h6-12,15,19,21,23,26,30-32H,5,13-14,16-18,20H2,1-4H3,(H,39,47)(H,41,42)(H,43,46)(H,44,48)/t21?,23?,26?,30-,31+,32-/m0/s1. The van der Waals surface area contributed by atoms with E-state index in [4.69, 9.17) is 4.98 Å². The number of likely N-dealkylation sites (N-methyl/N-ethyl adjacent to an activating group) is 1. The van der Waals surface area contributed by atoms with Gasteiger partial charge in [-0.1, -0.05) is 30.3 Å². The van der Waals surface area contributed by atoms with Gasteiger partial charge in [-0.25, -0.2) is 4.98 Å². The minimum Gasteiger partial charge on any atom is -0.355 e. The highest BCUT2D eigenvalue weighted by atomic mass is 16.2. The van der Waals surface area contributed by atoms with Gasteiger partial charge in [-0.15, -0.1) is 0 Å². The average molecular weight is 648 g/mol. The topological polar surface area (TPSA) is 134 Å². The van der Waals surface area contributed by atoms with Crippen LogP contribution in [-0.4, -0.2) is 50.1 Å². The van der Waals surface area contributed by atoms with Crippen molar-refractivity contribution >= 4 is 28.8 Å². The van der Waals surface area contributed by atoms with Crippen LogP contribution in [0.1, 0.15) is 97.8 Å². The van der Waals surface area contributed by atoms with E-state index in [0.29, 0.717) is 29.9 Å². The first-order valence-corrected chi connectivity index (χ1v) is 17.5. The molecule has 1 spiro atoms. The summed E-state index contributed by atoms with van der Waals surface area (Å²) in [5, 5.41) is 13.7. The van der Waals surface area contributed by atoms with Gasteiger partial charge in [0.1, 0.15) is 17.6 Å². The number of benzene rings is 2. The zero-order valence-corrected chi connectivity index (χ0v) is 28.2. The van der Waals surface area contributed by atoms with Gasteiger partial charge >= 0.3 is 0 Å². The maximum Gasteiger partial charge on any atom is 0.270 e. The van der Waals surface area contributed by atoms with Crippen LogP contribution < -0.4 is 16.0 Å². The number of imidazole rings is 1.